The third kappa shape index (κ3) is 1.84. The van der Waals surface area contributed by atoms with E-state index in [0.29, 0.717) is 0 Å². The monoisotopic (exact) mass is 234 g/mol. The van der Waals surface area contributed by atoms with Crippen LogP contribution in [0.25, 0.3) is 0 Å². The average Bonchev–Trinajstić information content (AvgIpc) is 2.97. The van der Waals surface area contributed by atoms with E-state index in [2.05, 4.69) is 14.9 Å². The third-order valence-corrected chi connectivity index (χ3v) is 3.84. The maximum absolute atomic E-state index is 12.4. The Balaban J connectivity index is 1.77. The molecule has 1 N–H and O–H groups in total. The number of carbonyl (C=O) groups is 1. The number of rotatable bonds is 1. The first kappa shape index (κ1) is 10.8. The number of fused-ring (bicyclic) bond motifs is 1. The molecular weight excluding hydrogens is 216 g/mol. The molecule has 0 aliphatic carbocycles. The van der Waals surface area contributed by atoms with Crippen molar-refractivity contribution in [3.63, 3.8) is 0 Å². The molecule has 1 saturated heterocycles. The van der Waals surface area contributed by atoms with E-state index in [-0.39, 0.29) is 11.9 Å². The van der Waals surface area contributed by atoms with Crippen LogP contribution in [-0.4, -0.2) is 51.9 Å². The van der Waals surface area contributed by atoms with E-state index in [0.717, 1.165) is 50.3 Å². The molecule has 5 nitrogen and oxygen atoms in total. The first-order chi connectivity index (χ1) is 8.25. The fourth-order valence-electron chi connectivity index (χ4n) is 2.78. The van der Waals surface area contributed by atoms with Crippen LogP contribution < -0.4 is 0 Å². The van der Waals surface area contributed by atoms with Crippen LogP contribution in [-0.2, 0) is 17.8 Å². The van der Waals surface area contributed by atoms with Gasteiger partial charge in [0.15, 0.2) is 0 Å². The zero-order valence-electron chi connectivity index (χ0n) is 10.1. The summed E-state index contributed by atoms with van der Waals surface area (Å²) in [4.78, 5) is 24.0. The predicted octanol–water partition coefficient (Wildman–Crippen LogP) is 0.389. The average molecular weight is 234 g/mol. The number of aromatic nitrogens is 2. The van der Waals surface area contributed by atoms with Crippen molar-refractivity contribution in [2.75, 3.05) is 20.1 Å². The lowest BCUT2D eigenvalue weighted by molar-refractivity contribution is -0.136. The molecule has 2 aliphatic heterocycles. The Labute approximate surface area is 101 Å². The van der Waals surface area contributed by atoms with Crippen LogP contribution >= 0.6 is 0 Å². The Morgan fingerprint density at radius 3 is 3.00 bits per heavy atom. The molecule has 3 heterocycles. The highest BCUT2D eigenvalue weighted by molar-refractivity contribution is 5.82. The summed E-state index contributed by atoms with van der Waals surface area (Å²) in [7, 11) is 2.02. The van der Waals surface area contributed by atoms with E-state index in [1.807, 2.05) is 11.9 Å². The lowest BCUT2D eigenvalue weighted by Crippen LogP contribution is -2.49. The molecule has 0 saturated carbocycles. The number of nitrogens with zero attached hydrogens (tertiary/aromatic N) is 3. The summed E-state index contributed by atoms with van der Waals surface area (Å²) in [5.74, 6) is 0.277. The van der Waals surface area contributed by atoms with Gasteiger partial charge in [-0.3, -0.25) is 9.69 Å². The van der Waals surface area contributed by atoms with Crippen molar-refractivity contribution < 1.29 is 4.79 Å². The summed E-state index contributed by atoms with van der Waals surface area (Å²) >= 11 is 0. The predicted molar refractivity (Wildman–Crippen MR) is 63.4 cm³/mol. The van der Waals surface area contributed by atoms with Gasteiger partial charge in [-0.1, -0.05) is 0 Å². The minimum atomic E-state index is -0.0242. The summed E-state index contributed by atoms with van der Waals surface area (Å²) in [5.41, 5.74) is 2.21. The number of likely N-dealkylation sites (tertiary alicyclic amines) is 1. The summed E-state index contributed by atoms with van der Waals surface area (Å²) in [6.45, 7) is 2.65. The van der Waals surface area contributed by atoms with Crippen molar-refractivity contribution in [1.29, 1.82) is 0 Å². The normalized spacial score (nSPS) is 25.0. The second kappa shape index (κ2) is 4.14. The van der Waals surface area contributed by atoms with Crippen molar-refractivity contribution in [2.24, 2.45) is 0 Å². The van der Waals surface area contributed by atoms with Crippen LogP contribution in [0.1, 0.15) is 24.2 Å². The number of hydrogen-bond acceptors (Lipinski definition) is 3. The Hall–Kier alpha value is -1.36. The van der Waals surface area contributed by atoms with Crippen molar-refractivity contribution in [3.05, 3.63) is 17.7 Å². The summed E-state index contributed by atoms with van der Waals surface area (Å²) in [6.07, 6.45) is 4.76. The molecule has 1 atom stereocenters. The Morgan fingerprint density at radius 2 is 2.24 bits per heavy atom. The molecule has 5 heteroatoms. The molecule has 3 rings (SSSR count). The number of aromatic amines is 1. The standard InChI is InChI=1S/C12H18N4O/c1-15-7-10-9(13-8-14-10)6-11(15)12(17)16-4-2-3-5-16/h8,11H,2-7H2,1H3,(H,13,14)/t11-/m0/s1. The van der Waals surface area contributed by atoms with Crippen LogP contribution in [0.2, 0.25) is 0 Å². The lowest BCUT2D eigenvalue weighted by Gasteiger charge is -2.33. The third-order valence-electron chi connectivity index (χ3n) is 3.84. The van der Waals surface area contributed by atoms with Crippen LogP contribution in [0.4, 0.5) is 0 Å². The Morgan fingerprint density at radius 1 is 1.47 bits per heavy atom. The fourth-order valence-corrected chi connectivity index (χ4v) is 2.78. The van der Waals surface area contributed by atoms with Gasteiger partial charge >= 0.3 is 0 Å². The quantitative estimate of drug-likeness (QED) is 0.764. The van der Waals surface area contributed by atoms with Crippen molar-refractivity contribution in [1.82, 2.24) is 19.8 Å². The molecule has 0 aromatic carbocycles. The number of hydrogen-bond donors (Lipinski definition) is 1. The summed E-state index contributed by atoms with van der Waals surface area (Å²) in [6, 6.07) is -0.0242. The first-order valence-corrected chi connectivity index (χ1v) is 6.26. The number of likely N-dealkylation sites (N-methyl/N-ethyl adjacent to an activating group) is 1. The highest BCUT2D eigenvalue weighted by Gasteiger charge is 2.34. The molecule has 0 spiro atoms. The van der Waals surface area contributed by atoms with Crippen molar-refractivity contribution >= 4 is 5.91 Å². The van der Waals surface area contributed by atoms with E-state index >= 15 is 0 Å². The highest BCUT2D eigenvalue weighted by Crippen LogP contribution is 2.21. The maximum Gasteiger partial charge on any atom is 0.240 e. The second-order valence-electron chi connectivity index (χ2n) is 5.00. The van der Waals surface area contributed by atoms with Gasteiger partial charge in [0.05, 0.1) is 23.8 Å². The maximum atomic E-state index is 12.4. The Kier molecular flexibility index (Phi) is 2.63. The number of carbonyl (C=O) groups excluding carboxylic acids is 1. The molecule has 92 valence electrons. The van der Waals surface area contributed by atoms with Crippen LogP contribution in [0, 0.1) is 0 Å². The topological polar surface area (TPSA) is 52.2 Å². The van der Waals surface area contributed by atoms with E-state index in [1.54, 1.807) is 6.33 Å². The molecule has 2 aliphatic rings. The van der Waals surface area contributed by atoms with Gasteiger partial charge in [-0.2, -0.15) is 0 Å². The second-order valence-corrected chi connectivity index (χ2v) is 5.00. The highest BCUT2D eigenvalue weighted by atomic mass is 16.2. The van der Waals surface area contributed by atoms with E-state index < -0.39 is 0 Å². The smallest absolute Gasteiger partial charge is 0.240 e. The van der Waals surface area contributed by atoms with Gasteiger partial charge in [0.2, 0.25) is 5.91 Å². The van der Waals surface area contributed by atoms with Gasteiger partial charge in [0.1, 0.15) is 0 Å². The van der Waals surface area contributed by atoms with Gasteiger partial charge in [-0.15, -0.1) is 0 Å². The number of H-pyrrole nitrogens is 1. The SMILES string of the molecule is CN1Cc2[nH]cnc2C[C@H]1C(=O)N1CCCC1. The number of amides is 1. The number of imidazole rings is 1. The van der Waals surface area contributed by atoms with Gasteiger partial charge in [0.25, 0.3) is 0 Å². The summed E-state index contributed by atoms with van der Waals surface area (Å²) in [5, 5.41) is 0. The molecular formula is C12H18N4O. The van der Waals surface area contributed by atoms with E-state index in [4.69, 9.17) is 0 Å². The van der Waals surface area contributed by atoms with Gasteiger partial charge in [-0.25, -0.2) is 4.98 Å². The molecule has 0 unspecified atom stereocenters. The number of nitrogens with one attached hydrogen (secondary N) is 1. The molecule has 17 heavy (non-hydrogen) atoms. The van der Waals surface area contributed by atoms with Crippen LogP contribution in [0.15, 0.2) is 6.33 Å². The molecule has 1 amide bonds. The molecule has 1 aromatic heterocycles. The molecule has 1 aromatic rings. The van der Waals surface area contributed by atoms with Gasteiger partial charge < -0.3 is 9.88 Å². The van der Waals surface area contributed by atoms with Gasteiger partial charge in [-0.05, 0) is 19.9 Å². The lowest BCUT2D eigenvalue weighted by atomic mass is 10.0. The molecule has 1 fully saturated rings. The Bertz CT molecular complexity index is 422. The van der Waals surface area contributed by atoms with Gasteiger partial charge in [0, 0.05) is 26.1 Å². The van der Waals surface area contributed by atoms with Crippen LogP contribution in [0.5, 0.6) is 0 Å². The molecule has 0 radical (unpaired) electrons. The minimum absolute atomic E-state index is 0.0242. The van der Waals surface area contributed by atoms with E-state index in [1.165, 1.54) is 0 Å². The fraction of sp³-hybridized carbons (Fsp3) is 0.667. The zero-order valence-corrected chi connectivity index (χ0v) is 10.1. The summed E-state index contributed by atoms with van der Waals surface area (Å²) < 4.78 is 0. The largest absolute Gasteiger partial charge is 0.347 e. The zero-order chi connectivity index (χ0) is 11.8. The molecule has 0 bridgehead atoms. The minimum Gasteiger partial charge on any atom is -0.347 e. The van der Waals surface area contributed by atoms with Crippen molar-refractivity contribution in [2.45, 2.75) is 31.8 Å². The van der Waals surface area contributed by atoms with Crippen molar-refractivity contribution in [3.8, 4) is 0 Å². The first-order valence-electron chi connectivity index (χ1n) is 6.26. The van der Waals surface area contributed by atoms with Crippen LogP contribution in [0.3, 0.4) is 0 Å². The van der Waals surface area contributed by atoms with E-state index in [9.17, 15) is 4.79 Å².